The Morgan fingerprint density at radius 2 is 1.94 bits per heavy atom. The van der Waals surface area contributed by atoms with Crippen LogP contribution in [-0.2, 0) is 17.6 Å². The molecule has 0 atom stereocenters. The van der Waals surface area contributed by atoms with Crippen LogP contribution in [0.15, 0.2) is 53.9 Å². The van der Waals surface area contributed by atoms with Crippen LogP contribution in [0.2, 0.25) is 5.02 Å². The van der Waals surface area contributed by atoms with Gasteiger partial charge in [-0.3, -0.25) is 4.79 Å². The van der Waals surface area contributed by atoms with Crippen molar-refractivity contribution < 1.29 is 4.79 Å². The topological polar surface area (TPSA) is 59.8 Å². The van der Waals surface area contributed by atoms with E-state index in [1.807, 2.05) is 79.4 Å². The van der Waals surface area contributed by atoms with Crippen LogP contribution in [-0.4, -0.2) is 20.7 Å². The Hall–Kier alpha value is -2.96. The molecule has 2 aromatic heterocycles. The minimum absolute atomic E-state index is 0.0878. The van der Waals surface area contributed by atoms with Crippen LogP contribution in [0, 0.1) is 20.8 Å². The summed E-state index contributed by atoms with van der Waals surface area (Å²) in [6.07, 6.45) is 0.935. The highest BCUT2D eigenvalue weighted by Crippen LogP contribution is 2.26. The molecular weight excluding hydrogens is 428 g/mol. The molecule has 0 spiro atoms. The SMILES string of the molecule is Cc1cccc(NC(=O)Cc2csc(-n3nc(C)c(Cc4ccccc4Cl)c3C)n2)c1. The number of nitrogens with zero attached hydrogens (tertiary/aromatic N) is 3. The van der Waals surface area contributed by atoms with E-state index in [4.69, 9.17) is 16.7 Å². The van der Waals surface area contributed by atoms with Crippen molar-refractivity contribution in [2.75, 3.05) is 5.32 Å². The summed E-state index contributed by atoms with van der Waals surface area (Å²) in [6.45, 7) is 6.04. The minimum atomic E-state index is -0.0878. The molecule has 31 heavy (non-hydrogen) atoms. The van der Waals surface area contributed by atoms with Crippen molar-refractivity contribution in [3.05, 3.63) is 92.7 Å². The van der Waals surface area contributed by atoms with Gasteiger partial charge in [0.05, 0.1) is 17.8 Å². The molecule has 1 N–H and O–H groups in total. The van der Waals surface area contributed by atoms with E-state index in [0.717, 1.165) is 49.6 Å². The molecule has 0 radical (unpaired) electrons. The molecule has 0 aliphatic carbocycles. The molecule has 0 aliphatic rings. The summed E-state index contributed by atoms with van der Waals surface area (Å²) in [5.74, 6) is -0.0878. The Balaban J connectivity index is 1.50. The van der Waals surface area contributed by atoms with Gasteiger partial charge in [0.25, 0.3) is 0 Å². The summed E-state index contributed by atoms with van der Waals surface area (Å²) in [5.41, 5.74) is 6.82. The lowest BCUT2D eigenvalue weighted by atomic mass is 10.0. The van der Waals surface area contributed by atoms with Crippen LogP contribution in [0.5, 0.6) is 0 Å². The molecule has 158 valence electrons. The second-order valence-electron chi connectivity index (χ2n) is 7.55. The van der Waals surface area contributed by atoms with Gasteiger partial charge in [-0.25, -0.2) is 9.67 Å². The fourth-order valence-electron chi connectivity index (χ4n) is 3.52. The maximum atomic E-state index is 12.4. The van der Waals surface area contributed by atoms with Crippen molar-refractivity contribution in [3.63, 3.8) is 0 Å². The molecular formula is C24H23ClN4OS. The number of carbonyl (C=O) groups excluding carboxylic acids is 1. The van der Waals surface area contributed by atoms with E-state index in [9.17, 15) is 4.79 Å². The third-order valence-electron chi connectivity index (χ3n) is 5.13. The van der Waals surface area contributed by atoms with Crippen LogP contribution in [0.4, 0.5) is 5.69 Å². The molecule has 5 nitrogen and oxygen atoms in total. The van der Waals surface area contributed by atoms with Gasteiger partial charge in [-0.05, 0) is 50.1 Å². The van der Waals surface area contributed by atoms with Crippen LogP contribution >= 0.6 is 22.9 Å². The molecule has 7 heteroatoms. The van der Waals surface area contributed by atoms with Crippen molar-refractivity contribution >= 4 is 34.5 Å². The maximum absolute atomic E-state index is 12.4. The standard InChI is InChI=1S/C24H23ClN4OS/c1-15-7-6-9-19(11-15)26-23(30)13-20-14-31-24(27-20)29-17(3)21(16(2)28-29)12-18-8-4-5-10-22(18)25/h4-11,14H,12-13H2,1-3H3,(H,26,30). The van der Waals surface area contributed by atoms with Crippen molar-refractivity contribution in [2.45, 2.75) is 33.6 Å². The summed E-state index contributed by atoms with van der Waals surface area (Å²) in [5, 5.41) is 11.0. The van der Waals surface area contributed by atoms with E-state index in [-0.39, 0.29) is 12.3 Å². The van der Waals surface area contributed by atoms with Gasteiger partial charge in [-0.15, -0.1) is 11.3 Å². The van der Waals surface area contributed by atoms with Crippen LogP contribution in [0.25, 0.3) is 5.13 Å². The van der Waals surface area contributed by atoms with Gasteiger partial charge in [0.15, 0.2) is 0 Å². The van der Waals surface area contributed by atoms with Crippen molar-refractivity contribution in [1.29, 1.82) is 0 Å². The normalized spacial score (nSPS) is 11.0. The number of nitrogens with one attached hydrogen (secondary N) is 1. The minimum Gasteiger partial charge on any atom is -0.326 e. The molecule has 4 rings (SSSR count). The lowest BCUT2D eigenvalue weighted by Gasteiger charge is -2.05. The Kier molecular flexibility index (Phi) is 6.20. The molecule has 0 aliphatic heterocycles. The van der Waals surface area contributed by atoms with E-state index in [0.29, 0.717) is 6.42 Å². The monoisotopic (exact) mass is 450 g/mol. The Morgan fingerprint density at radius 1 is 1.13 bits per heavy atom. The summed E-state index contributed by atoms with van der Waals surface area (Å²) in [6, 6.07) is 15.6. The zero-order valence-corrected chi connectivity index (χ0v) is 19.2. The Labute approximate surface area is 190 Å². The lowest BCUT2D eigenvalue weighted by Crippen LogP contribution is -2.14. The molecule has 2 heterocycles. The zero-order chi connectivity index (χ0) is 22.0. The quantitative estimate of drug-likeness (QED) is 0.411. The highest BCUT2D eigenvalue weighted by molar-refractivity contribution is 7.12. The van der Waals surface area contributed by atoms with Crippen molar-refractivity contribution in [2.24, 2.45) is 0 Å². The predicted molar refractivity (Wildman–Crippen MR) is 126 cm³/mol. The van der Waals surface area contributed by atoms with Gasteiger partial charge < -0.3 is 5.32 Å². The third-order valence-corrected chi connectivity index (χ3v) is 6.36. The van der Waals surface area contributed by atoms with Crippen LogP contribution in [0.1, 0.15) is 33.8 Å². The largest absolute Gasteiger partial charge is 0.326 e. The molecule has 0 unspecified atom stereocenters. The van der Waals surface area contributed by atoms with E-state index >= 15 is 0 Å². The summed E-state index contributed by atoms with van der Waals surface area (Å²) in [4.78, 5) is 17.1. The third kappa shape index (κ3) is 4.86. The van der Waals surface area contributed by atoms with E-state index < -0.39 is 0 Å². The van der Waals surface area contributed by atoms with Gasteiger partial charge in [0.1, 0.15) is 0 Å². The molecule has 0 fully saturated rings. The highest BCUT2D eigenvalue weighted by atomic mass is 35.5. The number of anilines is 1. The van der Waals surface area contributed by atoms with E-state index in [1.165, 1.54) is 11.3 Å². The number of aromatic nitrogens is 3. The fourth-order valence-corrected chi connectivity index (χ4v) is 4.54. The number of hydrogen-bond acceptors (Lipinski definition) is 4. The summed E-state index contributed by atoms with van der Waals surface area (Å²) >= 11 is 7.83. The van der Waals surface area contributed by atoms with Crippen LogP contribution < -0.4 is 5.32 Å². The van der Waals surface area contributed by atoms with Crippen molar-refractivity contribution in [3.8, 4) is 5.13 Å². The van der Waals surface area contributed by atoms with Gasteiger partial charge in [-0.1, -0.05) is 41.9 Å². The average Bonchev–Trinajstić information content (AvgIpc) is 3.29. The smallest absolute Gasteiger partial charge is 0.230 e. The second kappa shape index (κ2) is 9.04. The number of amides is 1. The Bertz CT molecular complexity index is 1240. The molecule has 4 aromatic rings. The van der Waals surface area contributed by atoms with Gasteiger partial charge in [-0.2, -0.15) is 5.10 Å². The van der Waals surface area contributed by atoms with Crippen molar-refractivity contribution in [1.82, 2.24) is 14.8 Å². The lowest BCUT2D eigenvalue weighted by molar-refractivity contribution is -0.115. The van der Waals surface area contributed by atoms with Gasteiger partial charge in [0.2, 0.25) is 11.0 Å². The molecule has 2 aromatic carbocycles. The first kappa shape index (κ1) is 21.3. The second-order valence-corrected chi connectivity index (χ2v) is 8.79. The number of carbonyl (C=O) groups is 1. The number of rotatable bonds is 6. The van der Waals surface area contributed by atoms with Crippen LogP contribution in [0.3, 0.4) is 0 Å². The average molecular weight is 451 g/mol. The number of halogens is 1. The first-order chi connectivity index (χ1) is 14.9. The van der Waals surface area contributed by atoms with E-state index in [2.05, 4.69) is 10.3 Å². The van der Waals surface area contributed by atoms with E-state index in [1.54, 1.807) is 0 Å². The fraction of sp³-hybridized carbons (Fsp3) is 0.208. The van der Waals surface area contributed by atoms with Gasteiger partial charge >= 0.3 is 0 Å². The first-order valence-corrected chi connectivity index (χ1v) is 11.3. The predicted octanol–water partition coefficient (Wildman–Crippen LogP) is 5.68. The number of aryl methyl sites for hydroxylation is 2. The number of benzene rings is 2. The molecule has 0 saturated heterocycles. The Morgan fingerprint density at radius 3 is 2.71 bits per heavy atom. The molecule has 0 saturated carbocycles. The maximum Gasteiger partial charge on any atom is 0.230 e. The van der Waals surface area contributed by atoms with Gasteiger partial charge in [0, 0.05) is 33.8 Å². The number of thiazole rings is 1. The summed E-state index contributed by atoms with van der Waals surface area (Å²) < 4.78 is 1.86. The highest BCUT2D eigenvalue weighted by Gasteiger charge is 2.17. The molecule has 0 bridgehead atoms. The molecule has 1 amide bonds. The summed E-state index contributed by atoms with van der Waals surface area (Å²) in [7, 11) is 0. The zero-order valence-electron chi connectivity index (χ0n) is 17.6. The number of hydrogen-bond donors (Lipinski definition) is 1. The first-order valence-electron chi connectivity index (χ1n) is 10.0.